The van der Waals surface area contributed by atoms with Crippen molar-refractivity contribution in [2.45, 2.75) is 37.0 Å². The number of hydrogen-bond acceptors (Lipinski definition) is 5. The monoisotopic (exact) mass is 491 g/mol. The molecule has 0 aliphatic carbocycles. The summed E-state index contributed by atoms with van der Waals surface area (Å²) in [5.41, 5.74) is -3.23. The minimum Gasteiger partial charge on any atom is -0.495 e. The van der Waals surface area contributed by atoms with E-state index in [4.69, 9.17) is 9.47 Å². The lowest BCUT2D eigenvalue weighted by molar-refractivity contribution is -0.271. The van der Waals surface area contributed by atoms with E-state index in [1.54, 1.807) is 31.5 Å². The number of amides is 2. The fourth-order valence-corrected chi connectivity index (χ4v) is 5.47. The molecule has 4 rings (SSSR count). The fraction of sp³-hybridized carbons (Fsp3) is 0.480. The van der Waals surface area contributed by atoms with E-state index in [1.165, 1.54) is 29.2 Å². The van der Waals surface area contributed by atoms with Gasteiger partial charge in [0.1, 0.15) is 5.75 Å². The Hall–Kier alpha value is -3.14. The summed E-state index contributed by atoms with van der Waals surface area (Å²) in [5.74, 6) is -0.883. The number of carbonyl (C=O) groups is 2. The molecule has 2 atom stereocenters. The molecular weight excluding hydrogens is 463 g/mol. The first-order valence-electron chi connectivity index (χ1n) is 11.4. The highest BCUT2D eigenvalue weighted by Gasteiger charge is 2.64. The topological polar surface area (TPSA) is 80.8 Å². The minimum atomic E-state index is -4.97. The van der Waals surface area contributed by atoms with Crippen LogP contribution in [0.1, 0.15) is 36.4 Å². The van der Waals surface area contributed by atoms with Gasteiger partial charge >= 0.3 is 6.18 Å². The molecule has 0 bridgehead atoms. The zero-order valence-corrected chi connectivity index (χ0v) is 19.6. The molecule has 35 heavy (non-hydrogen) atoms. The molecule has 0 radical (unpaired) electrons. The van der Waals surface area contributed by atoms with E-state index in [0.717, 1.165) is 7.11 Å². The van der Waals surface area contributed by atoms with Crippen LogP contribution in [0.2, 0.25) is 0 Å². The summed E-state index contributed by atoms with van der Waals surface area (Å²) in [6.07, 6.45) is -2.42. The maximum Gasteiger partial charge on any atom is 0.430 e. The van der Waals surface area contributed by atoms with Gasteiger partial charge in [-0.15, -0.1) is 0 Å². The van der Waals surface area contributed by atoms with Crippen LogP contribution in [0, 0.1) is 5.41 Å². The predicted octanol–water partition coefficient (Wildman–Crippen LogP) is 3.41. The van der Waals surface area contributed by atoms with Crippen LogP contribution in [0.4, 0.5) is 13.2 Å². The Morgan fingerprint density at radius 1 is 1.11 bits per heavy atom. The fourth-order valence-electron chi connectivity index (χ4n) is 5.47. The van der Waals surface area contributed by atoms with Crippen molar-refractivity contribution in [1.29, 1.82) is 0 Å². The number of nitrogens with one attached hydrogen (secondary N) is 1. The summed E-state index contributed by atoms with van der Waals surface area (Å²) in [5, 5.41) is 2.88. The van der Waals surface area contributed by atoms with Gasteiger partial charge < -0.3 is 19.7 Å². The molecule has 2 fully saturated rings. The Balaban J connectivity index is 1.64. The summed E-state index contributed by atoms with van der Waals surface area (Å²) in [7, 11) is 2.44. The quantitative estimate of drug-likeness (QED) is 0.694. The Kier molecular flexibility index (Phi) is 6.77. The van der Waals surface area contributed by atoms with E-state index in [9.17, 15) is 22.8 Å². The molecule has 2 aromatic rings. The Morgan fingerprint density at radius 2 is 1.80 bits per heavy atom. The first-order chi connectivity index (χ1) is 16.7. The second-order valence-electron chi connectivity index (χ2n) is 9.03. The largest absolute Gasteiger partial charge is 0.495 e. The van der Waals surface area contributed by atoms with Gasteiger partial charge in [0, 0.05) is 50.8 Å². The molecule has 1 aromatic carbocycles. The molecule has 1 unspecified atom stereocenters. The Bertz CT molecular complexity index is 1070. The van der Waals surface area contributed by atoms with Gasteiger partial charge in [0.05, 0.1) is 12.8 Å². The zero-order chi connectivity index (χ0) is 25.3. The van der Waals surface area contributed by atoms with Crippen LogP contribution in [0.5, 0.6) is 5.75 Å². The number of nitrogens with zero attached hydrogens (tertiary/aromatic N) is 2. The van der Waals surface area contributed by atoms with Gasteiger partial charge in [0.25, 0.3) is 11.5 Å². The second-order valence-corrected chi connectivity index (χ2v) is 9.03. The molecule has 1 N–H and O–H groups in total. The molecule has 188 valence electrons. The zero-order valence-electron chi connectivity index (χ0n) is 19.6. The maximum atomic E-state index is 14.4. The molecule has 0 saturated carbocycles. The molecule has 1 aromatic heterocycles. The number of methoxy groups -OCH3 is 2. The van der Waals surface area contributed by atoms with Crippen LogP contribution in [-0.4, -0.2) is 61.7 Å². The smallest absolute Gasteiger partial charge is 0.430 e. The highest BCUT2D eigenvalue weighted by Crippen LogP contribution is 2.51. The molecule has 10 heteroatoms. The molecular formula is C25H28F3N3O4. The number of carbonyl (C=O) groups excluding carboxylic acids is 2. The standard InChI is InChI=1S/C25H28F3N3O4/c1-34-19-9-6-12-29-21(19)18-16-30-20(32)15-23(18)10-13-31(14-11-23)22(33)24(35-2,25(26,27)28)17-7-4-3-5-8-17/h3-9,12,18H,10-11,13-16H2,1-2H3,(H,30,32)/t18?,24-/m1/s1. The number of halogens is 3. The number of hydrogen-bond donors (Lipinski definition) is 1. The molecule has 2 amide bonds. The number of pyridine rings is 1. The van der Waals surface area contributed by atoms with Crippen molar-refractivity contribution in [3.05, 3.63) is 59.9 Å². The van der Waals surface area contributed by atoms with Crippen molar-refractivity contribution in [1.82, 2.24) is 15.2 Å². The van der Waals surface area contributed by atoms with Gasteiger partial charge in [-0.2, -0.15) is 13.2 Å². The summed E-state index contributed by atoms with van der Waals surface area (Å²) in [6.45, 7) is 0.465. The summed E-state index contributed by atoms with van der Waals surface area (Å²) >= 11 is 0. The van der Waals surface area contributed by atoms with E-state index in [-0.39, 0.29) is 36.9 Å². The van der Waals surface area contributed by atoms with Crippen molar-refractivity contribution < 1.29 is 32.2 Å². The van der Waals surface area contributed by atoms with E-state index in [0.29, 0.717) is 30.8 Å². The molecule has 2 saturated heterocycles. The maximum absolute atomic E-state index is 14.4. The van der Waals surface area contributed by atoms with Crippen LogP contribution in [0.15, 0.2) is 48.7 Å². The van der Waals surface area contributed by atoms with Gasteiger partial charge in [-0.05, 0) is 30.4 Å². The SMILES string of the molecule is COc1cccnc1C1CNC(=O)CC12CCN(C(=O)[C@](OC)(c1ccccc1)C(F)(F)F)CC2. The molecule has 2 aliphatic rings. The number of benzene rings is 1. The number of alkyl halides is 3. The van der Waals surface area contributed by atoms with E-state index < -0.39 is 23.1 Å². The van der Waals surface area contributed by atoms with Crippen molar-refractivity contribution in [2.75, 3.05) is 33.9 Å². The van der Waals surface area contributed by atoms with Gasteiger partial charge in [-0.1, -0.05) is 30.3 Å². The number of likely N-dealkylation sites (tertiary alicyclic amines) is 1. The van der Waals surface area contributed by atoms with Crippen LogP contribution >= 0.6 is 0 Å². The molecule has 3 heterocycles. The van der Waals surface area contributed by atoms with Crippen LogP contribution < -0.4 is 10.1 Å². The van der Waals surface area contributed by atoms with Gasteiger partial charge in [-0.3, -0.25) is 14.6 Å². The van der Waals surface area contributed by atoms with E-state index >= 15 is 0 Å². The van der Waals surface area contributed by atoms with Crippen LogP contribution in [0.25, 0.3) is 0 Å². The second kappa shape index (κ2) is 9.49. The Morgan fingerprint density at radius 3 is 2.40 bits per heavy atom. The first kappa shape index (κ1) is 25.0. The third kappa shape index (κ3) is 4.24. The number of aromatic nitrogens is 1. The number of rotatable bonds is 5. The summed E-state index contributed by atoms with van der Waals surface area (Å²) in [4.78, 5) is 31.6. The average molecular weight is 492 g/mol. The van der Waals surface area contributed by atoms with Crippen LogP contribution in [-0.2, 0) is 19.9 Å². The van der Waals surface area contributed by atoms with E-state index in [2.05, 4.69) is 10.3 Å². The first-order valence-corrected chi connectivity index (χ1v) is 11.4. The lowest BCUT2D eigenvalue weighted by Crippen LogP contribution is -2.60. The predicted molar refractivity (Wildman–Crippen MR) is 121 cm³/mol. The van der Waals surface area contributed by atoms with Gasteiger partial charge in [0.2, 0.25) is 5.91 Å². The summed E-state index contributed by atoms with van der Waals surface area (Å²) < 4.78 is 53.6. The number of ether oxygens (including phenoxy) is 2. The highest BCUT2D eigenvalue weighted by atomic mass is 19.4. The van der Waals surface area contributed by atoms with E-state index in [1.807, 2.05) is 0 Å². The minimum absolute atomic E-state index is 0.0613. The Labute approximate surface area is 201 Å². The third-order valence-electron chi connectivity index (χ3n) is 7.34. The third-order valence-corrected chi connectivity index (χ3v) is 7.34. The highest BCUT2D eigenvalue weighted by molar-refractivity contribution is 5.88. The number of piperidine rings is 2. The van der Waals surface area contributed by atoms with Crippen LogP contribution in [0.3, 0.4) is 0 Å². The van der Waals surface area contributed by atoms with Gasteiger partial charge in [0.15, 0.2) is 0 Å². The lowest BCUT2D eigenvalue weighted by Gasteiger charge is -2.49. The van der Waals surface area contributed by atoms with Crippen molar-refractivity contribution >= 4 is 11.8 Å². The normalized spacial score (nSPS) is 21.8. The lowest BCUT2D eigenvalue weighted by atomic mass is 9.63. The summed E-state index contributed by atoms with van der Waals surface area (Å²) in [6, 6.07) is 10.5. The van der Waals surface area contributed by atoms with Crippen molar-refractivity contribution in [2.24, 2.45) is 5.41 Å². The van der Waals surface area contributed by atoms with Gasteiger partial charge in [-0.25, -0.2) is 0 Å². The molecule has 1 spiro atoms. The van der Waals surface area contributed by atoms with Crippen molar-refractivity contribution in [3.63, 3.8) is 0 Å². The molecule has 7 nitrogen and oxygen atoms in total. The average Bonchev–Trinajstić information content (AvgIpc) is 2.85. The van der Waals surface area contributed by atoms with Crippen molar-refractivity contribution in [3.8, 4) is 5.75 Å². The molecule has 2 aliphatic heterocycles.